The first-order valence-corrected chi connectivity index (χ1v) is 7.30. The van der Waals surface area contributed by atoms with Gasteiger partial charge in [0.1, 0.15) is 0 Å². The molecule has 0 aliphatic rings. The zero-order valence-corrected chi connectivity index (χ0v) is 11.7. The highest BCUT2D eigenvalue weighted by Crippen LogP contribution is 2.22. The lowest BCUT2D eigenvalue weighted by atomic mass is 10.3. The Morgan fingerprint density at radius 2 is 1.84 bits per heavy atom. The van der Waals surface area contributed by atoms with Crippen LogP contribution in [-0.4, -0.2) is 20.4 Å². The number of anilines is 2. The van der Waals surface area contributed by atoms with Gasteiger partial charge in [-0.1, -0.05) is 11.6 Å². The van der Waals surface area contributed by atoms with E-state index >= 15 is 0 Å². The quantitative estimate of drug-likeness (QED) is 0.910. The highest BCUT2D eigenvalue weighted by Gasteiger charge is 2.16. The first-order valence-electron chi connectivity index (χ1n) is 5.44. The van der Waals surface area contributed by atoms with Gasteiger partial charge in [0.2, 0.25) is 0 Å². The lowest BCUT2D eigenvalue weighted by Gasteiger charge is -2.09. The summed E-state index contributed by atoms with van der Waals surface area (Å²) in [5, 5.41) is 3.16. The van der Waals surface area contributed by atoms with Crippen LogP contribution in [0.1, 0.15) is 0 Å². The van der Waals surface area contributed by atoms with Gasteiger partial charge in [-0.15, -0.1) is 0 Å². The number of sulfonamides is 1. The van der Waals surface area contributed by atoms with Crippen molar-refractivity contribution in [3.63, 3.8) is 0 Å². The average molecular weight is 298 g/mol. The maximum atomic E-state index is 12.1. The third-order valence-corrected chi connectivity index (χ3v) is 4.10. The predicted octanol–water partition coefficient (Wildman–Crippen LogP) is 2.58. The van der Waals surface area contributed by atoms with E-state index in [1.54, 1.807) is 31.3 Å². The Bertz CT molecular complexity index is 672. The fraction of sp³-hybridized carbons (Fsp3) is 0.0833. The summed E-state index contributed by atoms with van der Waals surface area (Å²) in [6.45, 7) is 0. The van der Waals surface area contributed by atoms with Crippen LogP contribution >= 0.6 is 11.6 Å². The van der Waals surface area contributed by atoms with E-state index in [1.165, 1.54) is 18.3 Å². The summed E-state index contributed by atoms with van der Waals surface area (Å²) >= 11 is 5.87. The minimum absolute atomic E-state index is 0.113. The van der Waals surface area contributed by atoms with E-state index in [1.807, 2.05) is 0 Å². The van der Waals surface area contributed by atoms with Crippen molar-refractivity contribution in [3.05, 3.63) is 47.6 Å². The molecule has 19 heavy (non-hydrogen) atoms. The summed E-state index contributed by atoms with van der Waals surface area (Å²) in [4.78, 5) is 4.03. The number of halogens is 1. The van der Waals surface area contributed by atoms with Crippen molar-refractivity contribution < 1.29 is 8.42 Å². The Balaban J connectivity index is 2.30. The molecule has 0 unspecified atom stereocenters. The Hall–Kier alpha value is -1.79. The van der Waals surface area contributed by atoms with Gasteiger partial charge in [0.05, 0.1) is 9.92 Å². The second-order valence-corrected chi connectivity index (χ2v) is 5.80. The van der Waals surface area contributed by atoms with Crippen LogP contribution in [-0.2, 0) is 10.0 Å². The summed E-state index contributed by atoms with van der Waals surface area (Å²) in [5.41, 5.74) is 0.829. The maximum Gasteiger partial charge on any atom is 0.263 e. The molecule has 0 spiro atoms. The first-order chi connectivity index (χ1) is 9.03. The number of nitrogens with one attached hydrogen (secondary N) is 2. The van der Waals surface area contributed by atoms with Gasteiger partial charge in [0.15, 0.2) is 5.82 Å². The molecule has 0 aliphatic heterocycles. The Morgan fingerprint density at radius 3 is 2.42 bits per heavy atom. The zero-order chi connectivity index (χ0) is 13.9. The molecule has 0 radical (unpaired) electrons. The average Bonchev–Trinajstić information content (AvgIpc) is 2.41. The van der Waals surface area contributed by atoms with Crippen molar-refractivity contribution in [1.82, 2.24) is 4.98 Å². The number of hydrogen-bond acceptors (Lipinski definition) is 4. The second kappa shape index (κ2) is 5.46. The Morgan fingerprint density at radius 1 is 1.16 bits per heavy atom. The van der Waals surface area contributed by atoms with Crippen molar-refractivity contribution in [2.24, 2.45) is 0 Å². The number of rotatable bonds is 4. The Kier molecular flexibility index (Phi) is 3.92. The highest BCUT2D eigenvalue weighted by atomic mass is 35.5. The topological polar surface area (TPSA) is 71.1 Å². The van der Waals surface area contributed by atoms with Crippen molar-refractivity contribution in [2.45, 2.75) is 4.90 Å². The third kappa shape index (κ3) is 3.15. The summed E-state index contributed by atoms with van der Waals surface area (Å²) < 4.78 is 26.6. The molecule has 1 aromatic carbocycles. The molecule has 0 amide bonds. The molecule has 2 rings (SSSR count). The van der Waals surface area contributed by atoms with E-state index in [-0.39, 0.29) is 15.7 Å². The maximum absolute atomic E-state index is 12.1. The van der Waals surface area contributed by atoms with Crippen LogP contribution < -0.4 is 10.0 Å². The van der Waals surface area contributed by atoms with Gasteiger partial charge in [-0.3, -0.25) is 4.72 Å². The summed E-state index contributed by atoms with van der Waals surface area (Å²) in [7, 11) is -1.93. The van der Waals surface area contributed by atoms with E-state index in [2.05, 4.69) is 15.0 Å². The van der Waals surface area contributed by atoms with Gasteiger partial charge in [-0.2, -0.15) is 0 Å². The summed E-state index contributed by atoms with van der Waals surface area (Å²) in [6.07, 6.45) is 1.47. The summed E-state index contributed by atoms with van der Waals surface area (Å²) in [6, 6.07) is 9.55. The molecule has 0 aliphatic carbocycles. The molecule has 1 heterocycles. The number of pyridine rings is 1. The lowest BCUT2D eigenvalue weighted by Crippen LogP contribution is -2.14. The van der Waals surface area contributed by atoms with Crippen LogP contribution in [0.4, 0.5) is 11.5 Å². The van der Waals surface area contributed by atoms with E-state index in [9.17, 15) is 8.42 Å². The van der Waals surface area contributed by atoms with Crippen molar-refractivity contribution >= 4 is 33.1 Å². The van der Waals surface area contributed by atoms with E-state index in [0.717, 1.165) is 5.69 Å². The van der Waals surface area contributed by atoms with Gasteiger partial charge in [0, 0.05) is 18.9 Å². The number of nitrogens with zero attached hydrogens (tertiary/aromatic N) is 1. The molecular weight excluding hydrogens is 286 g/mol. The fourth-order valence-corrected chi connectivity index (χ4v) is 2.70. The molecule has 7 heteroatoms. The zero-order valence-electron chi connectivity index (χ0n) is 10.1. The van der Waals surface area contributed by atoms with Crippen LogP contribution in [0.5, 0.6) is 0 Å². The molecule has 2 N–H and O–H groups in total. The molecule has 0 saturated heterocycles. The minimum atomic E-state index is -3.69. The van der Waals surface area contributed by atoms with Crippen LogP contribution in [0.2, 0.25) is 5.02 Å². The number of benzene rings is 1. The van der Waals surface area contributed by atoms with Crippen LogP contribution in [0.15, 0.2) is 47.5 Å². The first kappa shape index (κ1) is 13.6. The molecular formula is C12H12ClN3O2S. The molecule has 0 saturated carbocycles. The van der Waals surface area contributed by atoms with Gasteiger partial charge in [-0.25, -0.2) is 13.4 Å². The van der Waals surface area contributed by atoms with E-state index < -0.39 is 10.0 Å². The molecule has 5 nitrogen and oxygen atoms in total. The van der Waals surface area contributed by atoms with Crippen molar-refractivity contribution in [3.8, 4) is 0 Å². The van der Waals surface area contributed by atoms with Crippen LogP contribution in [0.3, 0.4) is 0 Å². The van der Waals surface area contributed by atoms with Crippen molar-refractivity contribution in [2.75, 3.05) is 17.1 Å². The second-order valence-electron chi connectivity index (χ2n) is 3.71. The van der Waals surface area contributed by atoms with Crippen LogP contribution in [0, 0.1) is 0 Å². The number of aromatic nitrogens is 1. The van der Waals surface area contributed by atoms with E-state index in [0.29, 0.717) is 0 Å². The Labute approximate surface area is 116 Å². The van der Waals surface area contributed by atoms with Crippen molar-refractivity contribution in [1.29, 1.82) is 0 Å². The van der Waals surface area contributed by atoms with Gasteiger partial charge >= 0.3 is 0 Å². The largest absolute Gasteiger partial charge is 0.388 e. The molecule has 2 aromatic rings. The molecule has 0 atom stereocenters. The normalized spacial score (nSPS) is 11.1. The fourth-order valence-electron chi connectivity index (χ4n) is 1.45. The molecule has 0 bridgehead atoms. The molecule has 1 aromatic heterocycles. The number of hydrogen-bond donors (Lipinski definition) is 2. The van der Waals surface area contributed by atoms with E-state index in [4.69, 9.17) is 11.6 Å². The van der Waals surface area contributed by atoms with Crippen LogP contribution in [0.25, 0.3) is 0 Å². The lowest BCUT2D eigenvalue weighted by molar-refractivity contribution is 0.601. The monoisotopic (exact) mass is 297 g/mol. The van der Waals surface area contributed by atoms with Gasteiger partial charge in [0.25, 0.3) is 10.0 Å². The highest BCUT2D eigenvalue weighted by molar-refractivity contribution is 7.92. The molecule has 100 valence electrons. The minimum Gasteiger partial charge on any atom is -0.388 e. The SMILES string of the molecule is CNc1ccc(S(=O)(=O)Nc2ncccc2Cl)cc1. The predicted molar refractivity (Wildman–Crippen MR) is 76.0 cm³/mol. The van der Waals surface area contributed by atoms with Gasteiger partial charge < -0.3 is 5.32 Å². The smallest absolute Gasteiger partial charge is 0.263 e. The van der Waals surface area contributed by atoms with Gasteiger partial charge in [-0.05, 0) is 36.4 Å². The third-order valence-electron chi connectivity index (χ3n) is 2.44. The summed E-state index contributed by atoms with van der Waals surface area (Å²) in [5.74, 6) is 0.113. The standard InChI is InChI=1S/C12H12ClN3O2S/c1-14-9-4-6-10(7-5-9)19(17,18)16-12-11(13)3-2-8-15-12/h2-8,14H,1H3,(H,15,16). The molecule has 0 fully saturated rings.